The molecule has 0 bridgehead atoms. The lowest BCUT2D eigenvalue weighted by atomic mass is 10.1. The molecule has 0 spiro atoms. The van der Waals surface area contributed by atoms with E-state index in [0.29, 0.717) is 25.1 Å². The van der Waals surface area contributed by atoms with Crippen molar-refractivity contribution in [2.75, 3.05) is 13.2 Å². The first-order valence-electron chi connectivity index (χ1n) is 9.57. The number of rotatable bonds is 5. The number of aryl methyl sites for hydroxylation is 1. The highest BCUT2D eigenvalue weighted by Gasteiger charge is 2.28. The van der Waals surface area contributed by atoms with Crippen molar-refractivity contribution in [3.05, 3.63) is 46.8 Å². The Morgan fingerprint density at radius 3 is 2.54 bits per heavy atom. The van der Waals surface area contributed by atoms with Crippen LogP contribution >= 0.6 is 0 Å². The molecule has 1 aliphatic heterocycles. The van der Waals surface area contributed by atoms with Crippen LogP contribution in [0.15, 0.2) is 24.3 Å². The molecule has 2 unspecified atom stereocenters. The highest BCUT2D eigenvalue weighted by molar-refractivity contribution is 5.94. The van der Waals surface area contributed by atoms with E-state index in [1.807, 2.05) is 56.9 Å². The smallest absolute Gasteiger partial charge is 0.303 e. The Hall–Kier alpha value is -2.67. The normalized spacial score (nSPS) is 19.6. The molecule has 3 rings (SSSR count). The van der Waals surface area contributed by atoms with Gasteiger partial charge >= 0.3 is 5.97 Å². The predicted octanol–water partition coefficient (Wildman–Crippen LogP) is 2.76. The maximum atomic E-state index is 12.9. The van der Waals surface area contributed by atoms with Crippen LogP contribution in [-0.2, 0) is 16.0 Å². The monoisotopic (exact) mass is 385 g/mol. The Kier molecular flexibility index (Phi) is 5.84. The fourth-order valence-electron chi connectivity index (χ4n) is 3.62. The van der Waals surface area contributed by atoms with Crippen molar-refractivity contribution >= 4 is 11.9 Å². The van der Waals surface area contributed by atoms with E-state index in [-0.39, 0.29) is 24.5 Å². The average Bonchev–Trinajstić information content (AvgIpc) is 2.95. The molecule has 0 saturated carbocycles. The van der Waals surface area contributed by atoms with E-state index < -0.39 is 5.97 Å². The molecule has 2 aromatic rings. The number of morpholine rings is 1. The number of carboxylic acids is 1. The molecule has 1 amide bonds. The third-order valence-corrected chi connectivity index (χ3v) is 5.26. The van der Waals surface area contributed by atoms with Gasteiger partial charge in [-0.3, -0.25) is 9.59 Å². The van der Waals surface area contributed by atoms with Gasteiger partial charge in [0.15, 0.2) is 0 Å². The molecule has 1 aromatic heterocycles. The second-order valence-electron chi connectivity index (χ2n) is 7.45. The topological polar surface area (TPSA) is 84.7 Å². The highest BCUT2D eigenvalue weighted by Crippen LogP contribution is 2.21. The second-order valence-corrected chi connectivity index (χ2v) is 7.45. The van der Waals surface area contributed by atoms with Gasteiger partial charge in [-0.25, -0.2) is 4.68 Å². The Labute approximate surface area is 164 Å². The lowest BCUT2D eigenvalue weighted by molar-refractivity contribution is -0.136. The molecule has 2 heterocycles. The molecule has 7 nitrogen and oxygen atoms in total. The van der Waals surface area contributed by atoms with Gasteiger partial charge in [-0.05, 0) is 63.9 Å². The number of carbonyl (C=O) groups excluding carboxylic acids is 1. The van der Waals surface area contributed by atoms with Crippen LogP contribution < -0.4 is 0 Å². The van der Waals surface area contributed by atoms with E-state index >= 15 is 0 Å². The zero-order valence-electron chi connectivity index (χ0n) is 16.8. The molecular formula is C21H27N3O4. The number of benzene rings is 1. The first kappa shape index (κ1) is 20.1. The number of carboxylic acid groups (broad SMARTS) is 1. The minimum Gasteiger partial charge on any atom is -0.481 e. The fourth-order valence-corrected chi connectivity index (χ4v) is 3.62. The van der Waals surface area contributed by atoms with Gasteiger partial charge in [0.25, 0.3) is 5.91 Å². The van der Waals surface area contributed by atoms with Gasteiger partial charge in [0.2, 0.25) is 0 Å². The maximum absolute atomic E-state index is 12.9. The molecule has 1 N–H and O–H groups in total. The van der Waals surface area contributed by atoms with Gasteiger partial charge in [-0.2, -0.15) is 5.10 Å². The number of hydrogen-bond donors (Lipinski definition) is 1. The quantitative estimate of drug-likeness (QED) is 0.855. The summed E-state index contributed by atoms with van der Waals surface area (Å²) in [4.78, 5) is 25.6. The first-order chi connectivity index (χ1) is 13.3. The summed E-state index contributed by atoms with van der Waals surface area (Å²) in [5, 5.41) is 13.5. The largest absolute Gasteiger partial charge is 0.481 e. The summed E-state index contributed by atoms with van der Waals surface area (Å²) in [5.41, 5.74) is 4.20. The lowest BCUT2D eigenvalue weighted by Gasteiger charge is -2.36. The zero-order valence-corrected chi connectivity index (χ0v) is 16.8. The van der Waals surface area contributed by atoms with E-state index in [2.05, 4.69) is 5.10 Å². The fraction of sp³-hybridized carbons (Fsp3) is 0.476. The molecule has 1 aromatic carbocycles. The molecule has 0 radical (unpaired) electrons. The first-order valence-corrected chi connectivity index (χ1v) is 9.57. The third-order valence-electron chi connectivity index (χ3n) is 5.26. The lowest BCUT2D eigenvalue weighted by Crippen LogP contribution is -2.50. The maximum Gasteiger partial charge on any atom is 0.303 e. The van der Waals surface area contributed by atoms with Crippen molar-refractivity contribution in [2.45, 2.75) is 52.7 Å². The second kappa shape index (κ2) is 8.14. The van der Waals surface area contributed by atoms with E-state index in [1.54, 1.807) is 4.68 Å². The van der Waals surface area contributed by atoms with Crippen LogP contribution in [0.3, 0.4) is 0 Å². The number of aliphatic carboxylic acids is 1. The van der Waals surface area contributed by atoms with Crippen LogP contribution in [0, 0.1) is 13.8 Å². The molecule has 150 valence electrons. The number of nitrogens with zero attached hydrogens (tertiary/aromatic N) is 3. The molecule has 1 fully saturated rings. The Balaban J connectivity index is 1.80. The SMILES string of the molecule is Cc1nn(-c2ccc(C(=O)N3CC(C)OCC3C)cc2)c(C)c1CCC(=O)O. The minimum atomic E-state index is -0.818. The summed E-state index contributed by atoms with van der Waals surface area (Å²) in [7, 11) is 0. The van der Waals surface area contributed by atoms with Crippen molar-refractivity contribution in [2.24, 2.45) is 0 Å². The van der Waals surface area contributed by atoms with E-state index in [1.165, 1.54) is 0 Å². The van der Waals surface area contributed by atoms with Crippen LogP contribution in [0.4, 0.5) is 0 Å². The van der Waals surface area contributed by atoms with Crippen LogP contribution in [0.5, 0.6) is 0 Å². The van der Waals surface area contributed by atoms with Crippen LogP contribution in [0.25, 0.3) is 5.69 Å². The minimum absolute atomic E-state index is 0.00437. The summed E-state index contributed by atoms with van der Waals surface area (Å²) in [6.07, 6.45) is 0.575. The van der Waals surface area contributed by atoms with Crippen LogP contribution in [0.2, 0.25) is 0 Å². The predicted molar refractivity (Wildman–Crippen MR) is 105 cm³/mol. The Morgan fingerprint density at radius 2 is 1.89 bits per heavy atom. The number of hydrogen-bond acceptors (Lipinski definition) is 4. The average molecular weight is 385 g/mol. The Bertz CT molecular complexity index is 873. The summed E-state index contributed by atoms with van der Waals surface area (Å²) >= 11 is 0. The van der Waals surface area contributed by atoms with Gasteiger partial charge < -0.3 is 14.7 Å². The summed E-state index contributed by atoms with van der Waals surface area (Å²) in [6, 6.07) is 7.44. The molecule has 7 heteroatoms. The zero-order chi connectivity index (χ0) is 20.4. The van der Waals surface area contributed by atoms with E-state index in [4.69, 9.17) is 9.84 Å². The number of amides is 1. The van der Waals surface area contributed by atoms with Gasteiger partial charge in [0.1, 0.15) is 0 Å². The highest BCUT2D eigenvalue weighted by atomic mass is 16.5. The van der Waals surface area contributed by atoms with Crippen molar-refractivity contribution in [1.29, 1.82) is 0 Å². The number of ether oxygens (including phenoxy) is 1. The van der Waals surface area contributed by atoms with Gasteiger partial charge in [0, 0.05) is 24.2 Å². The van der Waals surface area contributed by atoms with Gasteiger partial charge in [-0.1, -0.05) is 0 Å². The van der Waals surface area contributed by atoms with Crippen LogP contribution in [0.1, 0.15) is 47.6 Å². The summed E-state index contributed by atoms with van der Waals surface area (Å²) < 4.78 is 7.41. The van der Waals surface area contributed by atoms with Gasteiger partial charge in [-0.15, -0.1) is 0 Å². The van der Waals surface area contributed by atoms with Gasteiger partial charge in [0.05, 0.1) is 30.1 Å². The van der Waals surface area contributed by atoms with Crippen molar-refractivity contribution in [1.82, 2.24) is 14.7 Å². The van der Waals surface area contributed by atoms with Crippen molar-refractivity contribution < 1.29 is 19.4 Å². The number of aromatic nitrogens is 2. The number of carbonyl (C=O) groups is 2. The van der Waals surface area contributed by atoms with Crippen molar-refractivity contribution in [3.8, 4) is 5.69 Å². The molecule has 1 saturated heterocycles. The van der Waals surface area contributed by atoms with Crippen molar-refractivity contribution in [3.63, 3.8) is 0 Å². The van der Waals surface area contributed by atoms with Crippen LogP contribution in [-0.4, -0.2) is 57.0 Å². The standard InChI is InChI=1S/C21H27N3O4/c1-13-12-28-14(2)11-23(13)21(27)17-5-7-18(8-6-17)24-16(4)19(15(3)22-24)9-10-20(25)26/h5-8,13-14H,9-12H2,1-4H3,(H,25,26). The summed E-state index contributed by atoms with van der Waals surface area (Å²) in [6.45, 7) is 8.93. The Morgan fingerprint density at radius 1 is 1.21 bits per heavy atom. The van der Waals surface area contributed by atoms with E-state index in [0.717, 1.165) is 22.6 Å². The molecular weight excluding hydrogens is 358 g/mol. The summed E-state index contributed by atoms with van der Waals surface area (Å²) in [5.74, 6) is -0.814. The van der Waals surface area contributed by atoms with E-state index in [9.17, 15) is 9.59 Å². The molecule has 28 heavy (non-hydrogen) atoms. The molecule has 1 aliphatic rings. The molecule has 2 atom stereocenters. The molecule has 0 aliphatic carbocycles. The third kappa shape index (κ3) is 4.09.